The first-order chi connectivity index (χ1) is 16.5. The highest BCUT2D eigenvalue weighted by Crippen LogP contribution is 2.32. The van der Waals surface area contributed by atoms with Crippen molar-refractivity contribution < 1.29 is 37.1 Å². The number of aryl methyl sites for hydroxylation is 1. The fourth-order valence-corrected chi connectivity index (χ4v) is 4.05. The van der Waals surface area contributed by atoms with Gasteiger partial charge in [-0.15, -0.1) is 0 Å². The number of alkyl halides is 3. The second-order valence-electron chi connectivity index (χ2n) is 8.35. The molecule has 0 radical (unpaired) electrons. The number of nitrogens with one attached hydrogen (secondary N) is 2. The Kier molecular flexibility index (Phi) is 8.44. The maximum Gasteiger partial charge on any atom is 0.490 e. The number of carboxylic acids is 1. The van der Waals surface area contributed by atoms with Crippen molar-refractivity contribution in [3.8, 4) is 0 Å². The SMILES string of the molecule is O=C(O)C(F)(F)F.O=C1CN(Cc2ccc(C(=O)NCC3CCc4cc(F)ccc43)cc2)CCN1. The van der Waals surface area contributed by atoms with Crippen molar-refractivity contribution >= 4 is 17.8 Å². The molecule has 0 aromatic heterocycles. The fraction of sp³-hybridized carbons (Fsp3) is 0.375. The number of amides is 2. The van der Waals surface area contributed by atoms with Crippen molar-refractivity contribution in [1.82, 2.24) is 15.5 Å². The van der Waals surface area contributed by atoms with Gasteiger partial charge >= 0.3 is 12.1 Å². The molecule has 2 aromatic rings. The largest absolute Gasteiger partial charge is 0.490 e. The molecule has 1 atom stereocenters. The third-order valence-corrected chi connectivity index (χ3v) is 5.80. The van der Waals surface area contributed by atoms with E-state index in [4.69, 9.17) is 9.90 Å². The molecular weight excluding hydrogens is 470 g/mol. The number of carbonyl (C=O) groups excluding carboxylic acids is 2. The monoisotopic (exact) mass is 495 g/mol. The topological polar surface area (TPSA) is 98.7 Å². The second-order valence-corrected chi connectivity index (χ2v) is 8.35. The van der Waals surface area contributed by atoms with Gasteiger partial charge in [0.05, 0.1) is 6.54 Å². The molecule has 0 spiro atoms. The number of hydrogen-bond acceptors (Lipinski definition) is 4. The predicted molar refractivity (Wildman–Crippen MR) is 118 cm³/mol. The number of benzene rings is 2. The number of piperazine rings is 1. The molecule has 2 aliphatic rings. The lowest BCUT2D eigenvalue weighted by Crippen LogP contribution is -2.47. The fourth-order valence-electron chi connectivity index (χ4n) is 4.05. The van der Waals surface area contributed by atoms with Crippen molar-refractivity contribution in [2.24, 2.45) is 0 Å². The summed E-state index contributed by atoms with van der Waals surface area (Å²) in [7, 11) is 0. The molecule has 4 rings (SSSR count). The molecule has 1 heterocycles. The van der Waals surface area contributed by atoms with Crippen LogP contribution in [-0.2, 0) is 22.6 Å². The van der Waals surface area contributed by atoms with E-state index in [1.54, 1.807) is 6.07 Å². The number of hydrogen-bond donors (Lipinski definition) is 3. The third kappa shape index (κ3) is 7.51. The normalized spacial score (nSPS) is 17.6. The smallest absolute Gasteiger partial charge is 0.475 e. The summed E-state index contributed by atoms with van der Waals surface area (Å²) in [5.41, 5.74) is 3.90. The predicted octanol–water partition coefficient (Wildman–Crippen LogP) is 2.85. The van der Waals surface area contributed by atoms with Gasteiger partial charge in [0.15, 0.2) is 0 Å². The summed E-state index contributed by atoms with van der Waals surface area (Å²) in [5.74, 6) is -2.76. The lowest BCUT2D eigenvalue weighted by molar-refractivity contribution is -0.192. The van der Waals surface area contributed by atoms with Crippen LogP contribution in [0.2, 0.25) is 0 Å². The first-order valence-corrected chi connectivity index (χ1v) is 11.0. The van der Waals surface area contributed by atoms with Gasteiger partial charge in [-0.05, 0) is 53.8 Å². The Labute approximate surface area is 199 Å². The summed E-state index contributed by atoms with van der Waals surface area (Å²) in [6, 6.07) is 12.5. The van der Waals surface area contributed by atoms with Crippen LogP contribution in [0.3, 0.4) is 0 Å². The van der Waals surface area contributed by atoms with Crippen molar-refractivity contribution in [3.05, 3.63) is 70.5 Å². The maximum absolute atomic E-state index is 13.3. The number of carbonyl (C=O) groups is 3. The van der Waals surface area contributed by atoms with Gasteiger partial charge in [0.1, 0.15) is 5.82 Å². The molecule has 1 aliphatic carbocycles. The number of rotatable bonds is 5. The number of nitrogens with zero attached hydrogens (tertiary/aromatic N) is 1. The summed E-state index contributed by atoms with van der Waals surface area (Å²) < 4.78 is 45.1. The molecule has 0 saturated carbocycles. The molecule has 2 aromatic carbocycles. The van der Waals surface area contributed by atoms with Gasteiger partial charge in [0.2, 0.25) is 5.91 Å². The van der Waals surface area contributed by atoms with E-state index in [-0.39, 0.29) is 23.5 Å². The Balaban J connectivity index is 0.000000429. The van der Waals surface area contributed by atoms with Gasteiger partial charge < -0.3 is 15.7 Å². The van der Waals surface area contributed by atoms with Crippen LogP contribution in [0.25, 0.3) is 0 Å². The van der Waals surface area contributed by atoms with Crippen LogP contribution in [0.5, 0.6) is 0 Å². The van der Waals surface area contributed by atoms with Gasteiger partial charge in [-0.25, -0.2) is 9.18 Å². The zero-order chi connectivity index (χ0) is 25.6. The minimum Gasteiger partial charge on any atom is -0.475 e. The number of carboxylic acid groups (broad SMARTS) is 1. The number of aliphatic carboxylic acids is 1. The Morgan fingerprint density at radius 1 is 1.14 bits per heavy atom. The summed E-state index contributed by atoms with van der Waals surface area (Å²) >= 11 is 0. The maximum atomic E-state index is 13.3. The quantitative estimate of drug-likeness (QED) is 0.555. The van der Waals surface area contributed by atoms with Gasteiger partial charge in [0, 0.05) is 37.7 Å². The molecule has 1 unspecified atom stereocenters. The molecule has 7 nitrogen and oxygen atoms in total. The van der Waals surface area contributed by atoms with E-state index >= 15 is 0 Å². The summed E-state index contributed by atoms with van der Waals surface area (Å²) in [5, 5.41) is 12.9. The average molecular weight is 495 g/mol. The van der Waals surface area contributed by atoms with Crippen LogP contribution in [-0.4, -0.2) is 60.1 Å². The van der Waals surface area contributed by atoms with Crippen LogP contribution in [0.15, 0.2) is 42.5 Å². The van der Waals surface area contributed by atoms with Crippen LogP contribution in [0.1, 0.15) is 39.4 Å². The first kappa shape index (κ1) is 26.1. The second kappa shape index (κ2) is 11.3. The van der Waals surface area contributed by atoms with Crippen molar-refractivity contribution in [2.75, 3.05) is 26.2 Å². The van der Waals surface area contributed by atoms with E-state index in [1.807, 2.05) is 30.3 Å². The lowest BCUT2D eigenvalue weighted by Gasteiger charge is -2.26. The minimum absolute atomic E-state index is 0.0541. The van der Waals surface area contributed by atoms with E-state index in [0.717, 1.165) is 36.1 Å². The van der Waals surface area contributed by atoms with Crippen LogP contribution in [0.4, 0.5) is 17.6 Å². The lowest BCUT2D eigenvalue weighted by atomic mass is 10.0. The Morgan fingerprint density at radius 3 is 2.46 bits per heavy atom. The highest BCUT2D eigenvalue weighted by atomic mass is 19.4. The summed E-state index contributed by atoms with van der Waals surface area (Å²) in [4.78, 5) is 34.9. The zero-order valence-electron chi connectivity index (χ0n) is 18.7. The Bertz CT molecular complexity index is 1070. The first-order valence-electron chi connectivity index (χ1n) is 11.0. The van der Waals surface area contributed by atoms with Gasteiger partial charge in [-0.3, -0.25) is 14.5 Å². The molecular formula is C24H25F4N3O4. The van der Waals surface area contributed by atoms with Crippen LogP contribution >= 0.6 is 0 Å². The highest BCUT2D eigenvalue weighted by Gasteiger charge is 2.38. The average Bonchev–Trinajstić information content (AvgIpc) is 3.19. The van der Waals surface area contributed by atoms with E-state index in [0.29, 0.717) is 31.7 Å². The van der Waals surface area contributed by atoms with Gasteiger partial charge in [0.25, 0.3) is 5.91 Å². The molecule has 11 heteroatoms. The molecule has 1 saturated heterocycles. The molecule has 1 fully saturated rings. The van der Waals surface area contributed by atoms with Crippen molar-refractivity contribution in [2.45, 2.75) is 31.5 Å². The molecule has 3 N–H and O–H groups in total. The van der Waals surface area contributed by atoms with Crippen LogP contribution < -0.4 is 10.6 Å². The van der Waals surface area contributed by atoms with Crippen molar-refractivity contribution in [1.29, 1.82) is 0 Å². The van der Waals surface area contributed by atoms with Crippen LogP contribution in [0, 0.1) is 5.82 Å². The van der Waals surface area contributed by atoms with E-state index in [2.05, 4.69) is 15.5 Å². The minimum atomic E-state index is -5.08. The molecule has 2 amide bonds. The zero-order valence-corrected chi connectivity index (χ0v) is 18.7. The number of halogens is 4. The highest BCUT2D eigenvalue weighted by molar-refractivity contribution is 5.94. The Morgan fingerprint density at radius 2 is 1.83 bits per heavy atom. The molecule has 35 heavy (non-hydrogen) atoms. The summed E-state index contributed by atoms with van der Waals surface area (Å²) in [6.45, 7) is 3.18. The van der Waals surface area contributed by atoms with E-state index in [9.17, 15) is 27.2 Å². The summed E-state index contributed by atoms with van der Waals surface area (Å²) in [6.07, 6.45) is -3.29. The number of fused-ring (bicyclic) bond motifs is 1. The molecule has 188 valence electrons. The van der Waals surface area contributed by atoms with Gasteiger partial charge in [-0.2, -0.15) is 13.2 Å². The third-order valence-electron chi connectivity index (χ3n) is 5.80. The standard InChI is InChI=1S/C22H24FN3O2.C2HF3O2/c23-19-7-8-20-17(11-19)5-6-18(20)12-25-22(28)16-3-1-15(2-4-16)13-26-10-9-24-21(27)14-26;3-2(4,5)1(6)7/h1-4,7-8,11,18H,5-6,9-10,12-14H2,(H,24,27)(H,25,28);(H,6,7). The van der Waals surface area contributed by atoms with Crippen molar-refractivity contribution in [3.63, 3.8) is 0 Å². The van der Waals surface area contributed by atoms with E-state index < -0.39 is 12.1 Å². The molecule has 1 aliphatic heterocycles. The molecule has 0 bridgehead atoms. The van der Waals surface area contributed by atoms with E-state index in [1.165, 1.54) is 6.07 Å². The van der Waals surface area contributed by atoms with Gasteiger partial charge in [-0.1, -0.05) is 18.2 Å². The Hall–Kier alpha value is -3.47.